The summed E-state index contributed by atoms with van der Waals surface area (Å²) in [6, 6.07) is 3.72. The Morgan fingerprint density at radius 3 is 2.74 bits per heavy atom. The van der Waals surface area contributed by atoms with Crippen molar-refractivity contribution in [3.05, 3.63) is 40.3 Å². The van der Waals surface area contributed by atoms with E-state index in [2.05, 4.69) is 30.6 Å². The number of piperazine rings is 1. The molecule has 0 bridgehead atoms. The number of hydrogen-bond donors (Lipinski definition) is 2. The minimum absolute atomic E-state index is 0.0127. The molecule has 0 spiro atoms. The number of fused-ring (bicyclic) bond motifs is 5. The Labute approximate surface area is 255 Å². The van der Waals surface area contributed by atoms with Crippen molar-refractivity contribution in [3.8, 4) is 11.8 Å². The van der Waals surface area contributed by atoms with Gasteiger partial charge in [0, 0.05) is 42.0 Å². The maximum absolute atomic E-state index is 12.9. The molecule has 5 heterocycles. The van der Waals surface area contributed by atoms with Crippen molar-refractivity contribution in [2.75, 3.05) is 31.5 Å². The van der Waals surface area contributed by atoms with Gasteiger partial charge in [0.25, 0.3) is 5.91 Å². The standard InChI is InChI=1S/C28H29ClN8O5S/c1-14-9-30-22-20-17(43-23(22)24(39)33-14)6-5-16-21(20)31-11-18(34-16)41-25-15(10-32-26(29)35-25)12-36-7-8-37(13-19(36)38)27(40)42-28(2,3)4/h5-6,10-11,14,30H,7-9,12-13H2,1-4H3,(H,33,39)/t14-/m1/s1. The van der Waals surface area contributed by atoms with Crippen LogP contribution in [0.1, 0.15) is 42.9 Å². The van der Waals surface area contributed by atoms with E-state index >= 15 is 0 Å². The number of nitrogens with one attached hydrogen (secondary N) is 2. The van der Waals surface area contributed by atoms with E-state index in [4.69, 9.17) is 21.1 Å². The van der Waals surface area contributed by atoms with Gasteiger partial charge in [0.2, 0.25) is 23.0 Å². The van der Waals surface area contributed by atoms with Crippen LogP contribution in [0.3, 0.4) is 0 Å². The van der Waals surface area contributed by atoms with Crippen molar-refractivity contribution in [3.63, 3.8) is 0 Å². The average molecular weight is 625 g/mol. The lowest BCUT2D eigenvalue weighted by molar-refractivity contribution is -0.136. The van der Waals surface area contributed by atoms with E-state index in [1.165, 1.54) is 28.6 Å². The second-order valence-electron chi connectivity index (χ2n) is 11.4. The van der Waals surface area contributed by atoms with Crippen LogP contribution in [0.4, 0.5) is 10.5 Å². The van der Waals surface area contributed by atoms with Crippen LogP contribution in [0.5, 0.6) is 11.8 Å². The number of thiophene rings is 1. The molecule has 0 unspecified atom stereocenters. The highest BCUT2D eigenvalue weighted by Crippen LogP contribution is 2.40. The summed E-state index contributed by atoms with van der Waals surface area (Å²) in [6.07, 6.45) is 2.45. The minimum atomic E-state index is -0.656. The zero-order valence-electron chi connectivity index (χ0n) is 23.9. The molecular formula is C28H29ClN8O5S. The average Bonchev–Trinajstić information content (AvgIpc) is 3.26. The van der Waals surface area contributed by atoms with Gasteiger partial charge in [0.1, 0.15) is 17.0 Å². The van der Waals surface area contributed by atoms with E-state index in [0.717, 1.165) is 15.8 Å². The van der Waals surface area contributed by atoms with Crippen LogP contribution in [0.25, 0.3) is 21.1 Å². The van der Waals surface area contributed by atoms with Crippen molar-refractivity contribution >= 4 is 67.7 Å². The first kappa shape index (κ1) is 28.8. The smallest absolute Gasteiger partial charge is 0.410 e. The highest BCUT2D eigenvalue weighted by Gasteiger charge is 2.31. The van der Waals surface area contributed by atoms with E-state index in [1.807, 2.05) is 19.1 Å². The van der Waals surface area contributed by atoms with Crippen molar-refractivity contribution in [1.82, 2.24) is 35.1 Å². The number of carbonyl (C=O) groups excluding carboxylic acids is 3. The van der Waals surface area contributed by atoms with Gasteiger partial charge < -0.3 is 25.0 Å². The van der Waals surface area contributed by atoms with Gasteiger partial charge in [-0.15, -0.1) is 11.3 Å². The van der Waals surface area contributed by atoms with Gasteiger partial charge in [-0.3, -0.25) is 14.5 Å². The molecule has 1 aromatic carbocycles. The van der Waals surface area contributed by atoms with E-state index in [9.17, 15) is 14.4 Å². The molecular weight excluding hydrogens is 596 g/mol. The third-order valence-electron chi connectivity index (χ3n) is 6.84. The first-order valence-corrected chi connectivity index (χ1v) is 14.9. The summed E-state index contributed by atoms with van der Waals surface area (Å²) in [5.41, 5.74) is 1.80. The fraction of sp³-hybridized carbons (Fsp3) is 0.393. The summed E-state index contributed by atoms with van der Waals surface area (Å²) in [5.74, 6) is -0.0646. The zero-order chi connectivity index (χ0) is 30.5. The van der Waals surface area contributed by atoms with Gasteiger partial charge in [-0.05, 0) is 51.4 Å². The predicted octanol–water partition coefficient (Wildman–Crippen LogP) is 4.20. The number of nitrogens with zero attached hydrogens (tertiary/aromatic N) is 6. The molecule has 3 amide bonds. The summed E-state index contributed by atoms with van der Waals surface area (Å²) in [6.45, 7) is 8.51. The van der Waals surface area contributed by atoms with Crippen molar-refractivity contribution in [2.24, 2.45) is 0 Å². The summed E-state index contributed by atoms with van der Waals surface area (Å²) in [7, 11) is 0. The Hall–Kier alpha value is -4.30. The lowest BCUT2D eigenvalue weighted by Gasteiger charge is -2.35. The normalized spacial score (nSPS) is 17.4. The Bertz CT molecular complexity index is 1770. The van der Waals surface area contributed by atoms with E-state index in [-0.39, 0.29) is 48.0 Å². The number of aromatic nitrogens is 4. The Morgan fingerprint density at radius 2 is 1.98 bits per heavy atom. The SMILES string of the molecule is C[C@@H]1CNc2c(sc3ccc4nc(Oc5nc(Cl)ncc5CN5CCN(C(=O)OC(C)(C)C)CC5=O)cnc4c23)C(=O)N1. The molecule has 1 saturated heterocycles. The van der Waals surface area contributed by atoms with Crippen LogP contribution in [-0.2, 0) is 16.1 Å². The van der Waals surface area contributed by atoms with Crippen LogP contribution < -0.4 is 15.4 Å². The molecule has 3 aromatic heterocycles. The first-order valence-electron chi connectivity index (χ1n) is 13.7. The number of hydrogen-bond acceptors (Lipinski definition) is 11. The zero-order valence-corrected chi connectivity index (χ0v) is 25.5. The second-order valence-corrected chi connectivity index (χ2v) is 12.8. The highest BCUT2D eigenvalue weighted by molar-refractivity contribution is 7.21. The molecule has 224 valence electrons. The van der Waals surface area contributed by atoms with Gasteiger partial charge in [0.05, 0.1) is 35.0 Å². The molecule has 2 N–H and O–H groups in total. The number of rotatable bonds is 4. The lowest BCUT2D eigenvalue weighted by atomic mass is 10.1. The number of benzene rings is 1. The Kier molecular flexibility index (Phi) is 7.42. The number of carbonyl (C=O) groups is 3. The van der Waals surface area contributed by atoms with E-state index in [0.29, 0.717) is 41.1 Å². The van der Waals surface area contributed by atoms with Gasteiger partial charge in [-0.2, -0.15) is 4.98 Å². The molecule has 2 aliphatic rings. The molecule has 15 heteroatoms. The van der Waals surface area contributed by atoms with E-state index in [1.54, 1.807) is 25.7 Å². The van der Waals surface area contributed by atoms with Crippen LogP contribution in [0.15, 0.2) is 24.5 Å². The fourth-order valence-corrected chi connectivity index (χ4v) is 6.06. The number of anilines is 1. The van der Waals surface area contributed by atoms with Crippen LogP contribution in [0, 0.1) is 0 Å². The molecule has 13 nitrogen and oxygen atoms in total. The molecule has 0 radical (unpaired) electrons. The second kappa shape index (κ2) is 11.1. The largest absolute Gasteiger partial charge is 0.444 e. The number of ether oxygens (including phenoxy) is 2. The molecule has 1 fully saturated rings. The summed E-state index contributed by atoms with van der Waals surface area (Å²) < 4.78 is 12.4. The minimum Gasteiger partial charge on any atom is -0.444 e. The van der Waals surface area contributed by atoms with Crippen LogP contribution in [-0.4, -0.2) is 85.5 Å². The van der Waals surface area contributed by atoms with Gasteiger partial charge in [-0.1, -0.05) is 0 Å². The first-order chi connectivity index (χ1) is 20.4. The van der Waals surface area contributed by atoms with Gasteiger partial charge >= 0.3 is 6.09 Å². The Morgan fingerprint density at radius 1 is 1.16 bits per heavy atom. The highest BCUT2D eigenvalue weighted by atomic mass is 35.5. The summed E-state index contributed by atoms with van der Waals surface area (Å²) in [5, 5.41) is 7.16. The topological polar surface area (TPSA) is 152 Å². The van der Waals surface area contributed by atoms with Gasteiger partial charge in [-0.25, -0.2) is 19.7 Å². The molecule has 1 atom stereocenters. The molecule has 2 aliphatic heterocycles. The molecule has 4 aromatic rings. The summed E-state index contributed by atoms with van der Waals surface area (Å²) in [4.78, 5) is 59.3. The quantitative estimate of drug-likeness (QED) is 0.316. The number of halogens is 1. The van der Waals surface area contributed by atoms with Crippen molar-refractivity contribution in [2.45, 2.75) is 45.9 Å². The third-order valence-corrected chi connectivity index (χ3v) is 8.18. The van der Waals surface area contributed by atoms with Gasteiger partial charge in [0.15, 0.2) is 0 Å². The monoisotopic (exact) mass is 624 g/mol. The lowest BCUT2D eigenvalue weighted by Crippen LogP contribution is -2.52. The van der Waals surface area contributed by atoms with Crippen molar-refractivity contribution < 1.29 is 23.9 Å². The predicted molar refractivity (Wildman–Crippen MR) is 161 cm³/mol. The molecule has 43 heavy (non-hydrogen) atoms. The fourth-order valence-electron chi connectivity index (χ4n) is 4.85. The van der Waals surface area contributed by atoms with Crippen LogP contribution >= 0.6 is 22.9 Å². The molecule has 0 saturated carbocycles. The van der Waals surface area contributed by atoms with Crippen molar-refractivity contribution in [1.29, 1.82) is 0 Å². The Balaban J connectivity index is 1.23. The maximum Gasteiger partial charge on any atom is 0.410 e. The van der Waals surface area contributed by atoms with E-state index < -0.39 is 11.7 Å². The molecule has 6 rings (SSSR count). The summed E-state index contributed by atoms with van der Waals surface area (Å²) >= 11 is 7.50. The molecule has 0 aliphatic carbocycles. The number of amides is 3. The van der Waals surface area contributed by atoms with Crippen LogP contribution in [0.2, 0.25) is 5.28 Å². The maximum atomic E-state index is 12.9. The third kappa shape index (κ3) is 5.97.